The van der Waals surface area contributed by atoms with Crippen molar-refractivity contribution in [3.63, 3.8) is 0 Å². The molecule has 7 heteroatoms. The van der Waals surface area contributed by atoms with Crippen molar-refractivity contribution < 1.29 is 9.59 Å². The molecule has 0 saturated heterocycles. The van der Waals surface area contributed by atoms with Crippen LogP contribution in [0.3, 0.4) is 0 Å². The van der Waals surface area contributed by atoms with Crippen molar-refractivity contribution in [2.75, 3.05) is 5.75 Å². The molecule has 2 aromatic rings. The lowest BCUT2D eigenvalue weighted by atomic mass is 10.1. The third-order valence-electron chi connectivity index (χ3n) is 5.49. The maximum atomic E-state index is 13.1. The molecule has 0 unspecified atom stereocenters. The molecule has 0 bridgehead atoms. The number of nitrogens with one attached hydrogen (secondary N) is 1. The van der Waals surface area contributed by atoms with Gasteiger partial charge in [0.05, 0.1) is 5.75 Å². The first-order chi connectivity index (χ1) is 14.9. The van der Waals surface area contributed by atoms with Crippen LogP contribution in [0.15, 0.2) is 48.5 Å². The first kappa shape index (κ1) is 24.0. The molecule has 1 aliphatic rings. The van der Waals surface area contributed by atoms with Crippen molar-refractivity contribution in [2.45, 2.75) is 57.0 Å². The average molecular weight is 479 g/mol. The molecule has 2 amide bonds. The predicted molar refractivity (Wildman–Crippen MR) is 129 cm³/mol. The molecule has 31 heavy (non-hydrogen) atoms. The molecule has 0 spiro atoms. The Morgan fingerprint density at radius 3 is 2.32 bits per heavy atom. The fraction of sp³-hybridized carbons (Fsp3) is 0.417. The van der Waals surface area contributed by atoms with Gasteiger partial charge in [0.15, 0.2) is 0 Å². The molecular formula is C24H28Cl2N2O2S. The van der Waals surface area contributed by atoms with Gasteiger partial charge in [0.25, 0.3) is 0 Å². The first-order valence-electron chi connectivity index (χ1n) is 10.6. The van der Waals surface area contributed by atoms with Gasteiger partial charge in [-0.3, -0.25) is 9.59 Å². The van der Waals surface area contributed by atoms with Crippen LogP contribution in [-0.4, -0.2) is 34.6 Å². The highest BCUT2D eigenvalue weighted by Crippen LogP contribution is 2.21. The van der Waals surface area contributed by atoms with Crippen molar-refractivity contribution in [2.24, 2.45) is 0 Å². The van der Waals surface area contributed by atoms with Crippen molar-refractivity contribution in [1.82, 2.24) is 10.2 Å². The van der Waals surface area contributed by atoms with Gasteiger partial charge in [-0.1, -0.05) is 60.3 Å². The number of rotatable bonds is 9. The van der Waals surface area contributed by atoms with E-state index >= 15 is 0 Å². The Hall–Kier alpha value is -1.69. The summed E-state index contributed by atoms with van der Waals surface area (Å²) in [6.45, 7) is 2.14. The van der Waals surface area contributed by atoms with E-state index in [4.69, 9.17) is 23.2 Å². The second-order valence-corrected chi connectivity index (χ2v) is 9.80. The SMILES string of the molecule is C[C@H](C(=O)NC1CCCC1)N(Cc1cccc(Cl)c1)C(=O)CSCc1cccc(Cl)c1. The number of halogens is 2. The molecule has 1 atom stereocenters. The molecule has 1 saturated carbocycles. The molecule has 0 aliphatic heterocycles. The van der Waals surface area contributed by atoms with Gasteiger partial charge in [-0.25, -0.2) is 0 Å². The smallest absolute Gasteiger partial charge is 0.242 e. The van der Waals surface area contributed by atoms with Crippen LogP contribution in [0.5, 0.6) is 0 Å². The Morgan fingerprint density at radius 1 is 1.06 bits per heavy atom. The number of amides is 2. The predicted octanol–water partition coefficient (Wildman–Crippen LogP) is 5.70. The van der Waals surface area contributed by atoms with E-state index in [1.165, 1.54) is 11.8 Å². The Labute approximate surface area is 198 Å². The van der Waals surface area contributed by atoms with Crippen molar-refractivity contribution in [1.29, 1.82) is 0 Å². The number of benzene rings is 2. The lowest BCUT2D eigenvalue weighted by Gasteiger charge is -2.29. The van der Waals surface area contributed by atoms with Gasteiger partial charge in [-0.05, 0) is 55.2 Å². The average Bonchev–Trinajstić information content (AvgIpc) is 3.24. The number of hydrogen-bond donors (Lipinski definition) is 1. The van der Waals surface area contributed by atoms with Crippen molar-refractivity contribution >= 4 is 46.8 Å². The second-order valence-electron chi connectivity index (χ2n) is 7.94. The quantitative estimate of drug-likeness (QED) is 0.502. The third kappa shape index (κ3) is 7.44. The minimum Gasteiger partial charge on any atom is -0.352 e. The number of carbonyl (C=O) groups excluding carboxylic acids is 2. The van der Waals surface area contributed by atoms with Gasteiger partial charge in [0, 0.05) is 28.4 Å². The van der Waals surface area contributed by atoms with Crippen LogP contribution in [0.1, 0.15) is 43.7 Å². The number of thioether (sulfide) groups is 1. The number of carbonyl (C=O) groups is 2. The first-order valence-corrected chi connectivity index (χ1v) is 12.5. The van der Waals surface area contributed by atoms with Crippen LogP contribution in [0.4, 0.5) is 0 Å². The molecule has 4 nitrogen and oxygen atoms in total. The summed E-state index contributed by atoms with van der Waals surface area (Å²) < 4.78 is 0. The Morgan fingerprint density at radius 2 is 1.68 bits per heavy atom. The maximum absolute atomic E-state index is 13.1. The van der Waals surface area contributed by atoms with Gasteiger partial charge >= 0.3 is 0 Å². The summed E-state index contributed by atoms with van der Waals surface area (Å²) in [6.07, 6.45) is 4.31. The Bertz CT molecular complexity index is 903. The Kier molecular flexibility index (Phi) is 9.12. The minimum absolute atomic E-state index is 0.0684. The van der Waals surface area contributed by atoms with Gasteiger partial charge in [-0.15, -0.1) is 11.8 Å². The standard InChI is InChI=1S/C24H28Cl2N2O2S/c1-17(24(30)27-22-10-2-3-11-22)28(14-18-6-4-8-20(25)12-18)23(29)16-31-15-19-7-5-9-21(26)13-19/h4-9,12-13,17,22H,2-3,10-11,14-16H2,1H3,(H,27,30)/t17-/m1/s1. The van der Waals surface area contributed by atoms with E-state index in [0.717, 1.165) is 36.8 Å². The van der Waals surface area contributed by atoms with E-state index in [2.05, 4.69) is 5.32 Å². The van der Waals surface area contributed by atoms with E-state index in [-0.39, 0.29) is 23.6 Å². The molecule has 0 aromatic heterocycles. The Balaban J connectivity index is 1.65. The van der Waals surface area contributed by atoms with E-state index in [1.54, 1.807) is 17.9 Å². The van der Waals surface area contributed by atoms with Gasteiger partial charge < -0.3 is 10.2 Å². The van der Waals surface area contributed by atoms with Gasteiger partial charge in [0.1, 0.15) is 6.04 Å². The summed E-state index contributed by atoms with van der Waals surface area (Å²) in [5, 5.41) is 4.42. The van der Waals surface area contributed by atoms with Crippen LogP contribution in [0.2, 0.25) is 10.0 Å². The van der Waals surface area contributed by atoms with Gasteiger partial charge in [-0.2, -0.15) is 0 Å². The van der Waals surface area contributed by atoms with Crippen LogP contribution < -0.4 is 5.32 Å². The van der Waals surface area contributed by atoms with Crippen LogP contribution in [0, 0.1) is 0 Å². The van der Waals surface area contributed by atoms with Gasteiger partial charge in [0.2, 0.25) is 11.8 Å². The molecule has 3 rings (SSSR count). The third-order valence-corrected chi connectivity index (χ3v) is 6.95. The molecule has 1 fully saturated rings. The molecule has 1 N–H and O–H groups in total. The van der Waals surface area contributed by atoms with Crippen molar-refractivity contribution in [3.8, 4) is 0 Å². The van der Waals surface area contributed by atoms with Crippen LogP contribution in [-0.2, 0) is 21.9 Å². The highest BCUT2D eigenvalue weighted by atomic mass is 35.5. The summed E-state index contributed by atoms with van der Waals surface area (Å²) in [7, 11) is 0. The fourth-order valence-electron chi connectivity index (χ4n) is 3.77. The lowest BCUT2D eigenvalue weighted by molar-refractivity contribution is -0.138. The van der Waals surface area contributed by atoms with E-state index in [1.807, 2.05) is 42.5 Å². The molecule has 2 aromatic carbocycles. The number of nitrogens with zero attached hydrogens (tertiary/aromatic N) is 1. The summed E-state index contributed by atoms with van der Waals surface area (Å²) in [6, 6.07) is 14.7. The van der Waals surface area contributed by atoms with Crippen LogP contribution in [0.25, 0.3) is 0 Å². The van der Waals surface area contributed by atoms with E-state index < -0.39 is 6.04 Å². The number of hydrogen-bond acceptors (Lipinski definition) is 3. The van der Waals surface area contributed by atoms with Crippen LogP contribution >= 0.6 is 35.0 Å². The summed E-state index contributed by atoms with van der Waals surface area (Å²) >= 11 is 13.7. The molecule has 0 heterocycles. The van der Waals surface area contributed by atoms with E-state index in [9.17, 15) is 9.59 Å². The van der Waals surface area contributed by atoms with Crippen molar-refractivity contribution in [3.05, 3.63) is 69.7 Å². The largest absolute Gasteiger partial charge is 0.352 e. The topological polar surface area (TPSA) is 49.4 Å². The van der Waals surface area contributed by atoms with E-state index in [0.29, 0.717) is 22.3 Å². The zero-order valence-electron chi connectivity index (χ0n) is 17.7. The summed E-state index contributed by atoms with van der Waals surface area (Å²) in [4.78, 5) is 27.7. The molecule has 166 valence electrons. The zero-order valence-corrected chi connectivity index (χ0v) is 20.0. The summed E-state index contributed by atoms with van der Waals surface area (Å²) in [5.74, 6) is 0.803. The second kappa shape index (κ2) is 11.8. The highest BCUT2D eigenvalue weighted by Gasteiger charge is 2.28. The zero-order chi connectivity index (χ0) is 22.2. The highest BCUT2D eigenvalue weighted by molar-refractivity contribution is 7.99. The minimum atomic E-state index is -0.557. The monoisotopic (exact) mass is 478 g/mol. The molecule has 1 aliphatic carbocycles. The summed E-state index contributed by atoms with van der Waals surface area (Å²) in [5.41, 5.74) is 1.97. The molecule has 0 radical (unpaired) electrons. The normalized spacial score (nSPS) is 14.9. The maximum Gasteiger partial charge on any atom is 0.242 e. The lowest BCUT2D eigenvalue weighted by Crippen LogP contribution is -2.50. The molecular weight excluding hydrogens is 451 g/mol. The fourth-order valence-corrected chi connectivity index (χ4v) is 5.06.